The second-order valence-electron chi connectivity index (χ2n) is 4.77. The summed E-state index contributed by atoms with van der Waals surface area (Å²) in [6.07, 6.45) is 1.91. The number of hydrogen-bond acceptors (Lipinski definition) is 4. The van der Waals surface area contributed by atoms with Crippen LogP contribution >= 0.6 is 0 Å². The van der Waals surface area contributed by atoms with E-state index in [0.29, 0.717) is 0 Å². The third kappa shape index (κ3) is 2.83. The number of methoxy groups -OCH3 is 1. The molecule has 0 unspecified atom stereocenters. The van der Waals surface area contributed by atoms with Gasteiger partial charge in [0.1, 0.15) is 5.75 Å². The van der Waals surface area contributed by atoms with Crippen molar-refractivity contribution in [2.45, 2.75) is 31.5 Å². The summed E-state index contributed by atoms with van der Waals surface area (Å²) in [4.78, 5) is 2.20. The molecule has 4 nitrogen and oxygen atoms in total. The first-order chi connectivity index (χ1) is 8.78. The molecule has 18 heavy (non-hydrogen) atoms. The van der Waals surface area contributed by atoms with Crippen LogP contribution in [0.15, 0.2) is 24.3 Å². The number of aliphatic hydroxyl groups is 2. The summed E-state index contributed by atoms with van der Waals surface area (Å²) in [5.41, 5.74) is 1.18. The van der Waals surface area contributed by atoms with Crippen molar-refractivity contribution in [1.82, 2.24) is 4.90 Å². The monoisotopic (exact) mass is 251 g/mol. The average molecular weight is 251 g/mol. The highest BCUT2D eigenvalue weighted by Crippen LogP contribution is 2.26. The molecule has 0 amide bonds. The van der Waals surface area contributed by atoms with Crippen LogP contribution in [0.5, 0.6) is 5.75 Å². The number of rotatable bonds is 5. The topological polar surface area (TPSA) is 52.9 Å². The van der Waals surface area contributed by atoms with E-state index in [1.54, 1.807) is 7.11 Å². The van der Waals surface area contributed by atoms with Crippen LogP contribution in [0.4, 0.5) is 0 Å². The Balaban J connectivity index is 2.05. The third-order valence-electron chi connectivity index (χ3n) is 3.72. The zero-order chi connectivity index (χ0) is 13.0. The zero-order valence-electron chi connectivity index (χ0n) is 10.7. The quantitative estimate of drug-likeness (QED) is 0.820. The van der Waals surface area contributed by atoms with E-state index in [2.05, 4.69) is 4.90 Å². The summed E-state index contributed by atoms with van der Waals surface area (Å²) in [6, 6.07) is 8.27. The Morgan fingerprint density at radius 1 is 1.11 bits per heavy atom. The lowest BCUT2D eigenvalue weighted by molar-refractivity contribution is 0.0902. The van der Waals surface area contributed by atoms with Crippen LogP contribution in [0.25, 0.3) is 0 Å². The molecule has 0 bridgehead atoms. The van der Waals surface area contributed by atoms with Gasteiger partial charge in [-0.1, -0.05) is 12.1 Å². The van der Waals surface area contributed by atoms with Gasteiger partial charge in [-0.05, 0) is 30.5 Å². The standard InChI is InChI=1S/C14H21NO3/c1-18-14-6-2-11(3-7-14)8-15-12(9-16)4-5-13(15)10-17/h2-3,6-7,12-13,16-17H,4-5,8-10H2,1H3/t12-,13-/m1/s1. The average Bonchev–Trinajstić information content (AvgIpc) is 2.81. The normalized spacial score (nSPS) is 24.4. The van der Waals surface area contributed by atoms with Gasteiger partial charge in [0.25, 0.3) is 0 Å². The number of hydrogen-bond donors (Lipinski definition) is 2. The van der Waals surface area contributed by atoms with Crippen LogP contribution in [0, 0.1) is 0 Å². The summed E-state index contributed by atoms with van der Waals surface area (Å²) in [7, 11) is 1.65. The summed E-state index contributed by atoms with van der Waals surface area (Å²) >= 11 is 0. The van der Waals surface area contributed by atoms with Crippen LogP contribution < -0.4 is 4.74 Å². The SMILES string of the molecule is COc1ccc(CN2[C@@H](CO)CC[C@@H]2CO)cc1. The second kappa shape index (κ2) is 6.18. The fourth-order valence-electron chi connectivity index (χ4n) is 2.61. The third-order valence-corrected chi connectivity index (χ3v) is 3.72. The highest BCUT2D eigenvalue weighted by Gasteiger charge is 2.32. The maximum absolute atomic E-state index is 9.37. The number of benzene rings is 1. The maximum Gasteiger partial charge on any atom is 0.118 e. The van der Waals surface area contributed by atoms with Gasteiger partial charge in [-0.15, -0.1) is 0 Å². The molecule has 1 heterocycles. The van der Waals surface area contributed by atoms with Crippen molar-refractivity contribution < 1.29 is 14.9 Å². The first-order valence-electron chi connectivity index (χ1n) is 6.39. The lowest BCUT2D eigenvalue weighted by Gasteiger charge is -2.28. The molecule has 0 aromatic heterocycles. The Labute approximate surface area is 108 Å². The first kappa shape index (κ1) is 13.3. The van der Waals surface area contributed by atoms with Crippen LogP contribution in [0.3, 0.4) is 0 Å². The van der Waals surface area contributed by atoms with E-state index in [4.69, 9.17) is 4.74 Å². The van der Waals surface area contributed by atoms with Crippen molar-refractivity contribution >= 4 is 0 Å². The maximum atomic E-state index is 9.37. The molecule has 1 aliphatic heterocycles. The van der Waals surface area contributed by atoms with Crippen molar-refractivity contribution in [3.8, 4) is 5.75 Å². The van der Waals surface area contributed by atoms with Gasteiger partial charge < -0.3 is 14.9 Å². The van der Waals surface area contributed by atoms with Crippen LogP contribution in [-0.2, 0) is 6.54 Å². The summed E-state index contributed by atoms with van der Waals surface area (Å²) in [5, 5.41) is 18.7. The largest absolute Gasteiger partial charge is 0.497 e. The molecule has 1 aromatic rings. The fraction of sp³-hybridized carbons (Fsp3) is 0.571. The predicted molar refractivity (Wildman–Crippen MR) is 69.5 cm³/mol. The predicted octanol–water partition coefficient (Wildman–Crippen LogP) is 1.01. The van der Waals surface area contributed by atoms with Gasteiger partial charge in [0.15, 0.2) is 0 Å². The van der Waals surface area contributed by atoms with Crippen LogP contribution in [-0.4, -0.2) is 47.5 Å². The minimum absolute atomic E-state index is 0.159. The summed E-state index contributed by atoms with van der Waals surface area (Å²) in [5.74, 6) is 0.845. The zero-order valence-corrected chi connectivity index (χ0v) is 10.7. The van der Waals surface area contributed by atoms with Gasteiger partial charge in [-0.2, -0.15) is 0 Å². The van der Waals surface area contributed by atoms with Crippen molar-refractivity contribution in [3.05, 3.63) is 29.8 Å². The Bertz CT molecular complexity index is 354. The van der Waals surface area contributed by atoms with Crippen molar-refractivity contribution in [2.24, 2.45) is 0 Å². The van der Waals surface area contributed by atoms with E-state index in [-0.39, 0.29) is 25.3 Å². The molecular weight excluding hydrogens is 230 g/mol. The van der Waals surface area contributed by atoms with Gasteiger partial charge >= 0.3 is 0 Å². The summed E-state index contributed by atoms with van der Waals surface area (Å²) < 4.78 is 5.13. The fourth-order valence-corrected chi connectivity index (χ4v) is 2.61. The van der Waals surface area contributed by atoms with Gasteiger partial charge in [0, 0.05) is 18.6 Å². The molecule has 2 N–H and O–H groups in total. The molecule has 1 aliphatic rings. The summed E-state index contributed by atoms with van der Waals surface area (Å²) in [6.45, 7) is 1.08. The molecule has 4 heteroatoms. The van der Waals surface area contributed by atoms with Crippen molar-refractivity contribution in [3.63, 3.8) is 0 Å². The van der Waals surface area contributed by atoms with Crippen LogP contribution in [0.1, 0.15) is 18.4 Å². The van der Waals surface area contributed by atoms with Gasteiger partial charge in [-0.25, -0.2) is 0 Å². The van der Waals surface area contributed by atoms with Crippen molar-refractivity contribution in [1.29, 1.82) is 0 Å². The van der Waals surface area contributed by atoms with Crippen molar-refractivity contribution in [2.75, 3.05) is 20.3 Å². The number of ether oxygens (including phenoxy) is 1. The number of nitrogens with zero attached hydrogens (tertiary/aromatic N) is 1. The second-order valence-corrected chi connectivity index (χ2v) is 4.77. The highest BCUT2D eigenvalue weighted by atomic mass is 16.5. The molecular formula is C14H21NO3. The van der Waals surface area contributed by atoms with E-state index < -0.39 is 0 Å². The molecule has 1 aromatic carbocycles. The number of aliphatic hydroxyl groups excluding tert-OH is 2. The highest BCUT2D eigenvalue weighted by molar-refractivity contribution is 5.27. The molecule has 0 radical (unpaired) electrons. The van der Waals surface area contributed by atoms with E-state index in [1.165, 1.54) is 5.56 Å². The van der Waals surface area contributed by atoms with Gasteiger partial charge in [-0.3, -0.25) is 4.90 Å². The Morgan fingerprint density at radius 2 is 1.67 bits per heavy atom. The molecule has 0 saturated carbocycles. The van der Waals surface area contributed by atoms with E-state index in [1.807, 2.05) is 24.3 Å². The molecule has 2 atom stereocenters. The Hall–Kier alpha value is -1.10. The molecule has 1 saturated heterocycles. The van der Waals surface area contributed by atoms with E-state index >= 15 is 0 Å². The lowest BCUT2D eigenvalue weighted by atomic mass is 10.1. The minimum Gasteiger partial charge on any atom is -0.497 e. The van der Waals surface area contributed by atoms with Gasteiger partial charge in [0.2, 0.25) is 0 Å². The Morgan fingerprint density at radius 3 is 2.11 bits per heavy atom. The van der Waals surface area contributed by atoms with E-state index in [9.17, 15) is 10.2 Å². The van der Waals surface area contributed by atoms with Crippen LogP contribution in [0.2, 0.25) is 0 Å². The van der Waals surface area contributed by atoms with E-state index in [0.717, 1.165) is 25.1 Å². The lowest BCUT2D eigenvalue weighted by Crippen LogP contribution is -2.39. The van der Waals surface area contributed by atoms with Gasteiger partial charge in [0.05, 0.1) is 20.3 Å². The molecule has 1 fully saturated rings. The minimum atomic E-state index is 0.159. The molecule has 2 rings (SSSR count). The number of likely N-dealkylation sites (tertiary alicyclic amines) is 1. The first-order valence-corrected chi connectivity index (χ1v) is 6.39. The molecule has 100 valence electrons. The Kier molecular flexibility index (Phi) is 4.58. The smallest absolute Gasteiger partial charge is 0.118 e. The molecule has 0 aliphatic carbocycles. The molecule has 0 spiro atoms.